The SMILES string of the molecule is COc1ccc(NC(=O)C2CCN(C(=O)c3ccccc3OC)CC2)cc1. The highest BCUT2D eigenvalue weighted by atomic mass is 16.5. The van der Waals surface area contributed by atoms with Gasteiger partial charge in [-0.1, -0.05) is 12.1 Å². The van der Waals surface area contributed by atoms with Gasteiger partial charge >= 0.3 is 0 Å². The van der Waals surface area contributed by atoms with E-state index in [0.29, 0.717) is 37.2 Å². The van der Waals surface area contributed by atoms with Gasteiger partial charge in [-0.2, -0.15) is 0 Å². The first-order valence-corrected chi connectivity index (χ1v) is 8.99. The molecule has 0 aliphatic carbocycles. The predicted molar refractivity (Wildman–Crippen MR) is 103 cm³/mol. The van der Waals surface area contributed by atoms with Crippen LogP contribution in [0, 0.1) is 5.92 Å². The van der Waals surface area contributed by atoms with Gasteiger partial charge in [0.1, 0.15) is 11.5 Å². The van der Waals surface area contributed by atoms with Crippen LogP contribution < -0.4 is 14.8 Å². The Morgan fingerprint density at radius 3 is 2.26 bits per heavy atom. The molecule has 1 fully saturated rings. The molecule has 0 spiro atoms. The number of anilines is 1. The van der Waals surface area contributed by atoms with Gasteiger partial charge in [0, 0.05) is 24.7 Å². The second-order valence-electron chi connectivity index (χ2n) is 6.48. The molecule has 0 bridgehead atoms. The van der Waals surface area contributed by atoms with Gasteiger partial charge in [0.15, 0.2) is 0 Å². The number of likely N-dealkylation sites (tertiary alicyclic amines) is 1. The number of hydrogen-bond acceptors (Lipinski definition) is 4. The van der Waals surface area contributed by atoms with Crippen molar-refractivity contribution in [3.05, 3.63) is 54.1 Å². The molecule has 0 aromatic heterocycles. The van der Waals surface area contributed by atoms with Crippen molar-refractivity contribution >= 4 is 17.5 Å². The summed E-state index contributed by atoms with van der Waals surface area (Å²) in [7, 11) is 3.16. The zero-order chi connectivity index (χ0) is 19.2. The second-order valence-corrected chi connectivity index (χ2v) is 6.48. The van der Waals surface area contributed by atoms with E-state index in [1.165, 1.54) is 0 Å². The number of para-hydroxylation sites is 1. The van der Waals surface area contributed by atoms with Crippen molar-refractivity contribution in [2.75, 3.05) is 32.6 Å². The third kappa shape index (κ3) is 4.39. The summed E-state index contributed by atoms with van der Waals surface area (Å²) in [6.45, 7) is 1.11. The fourth-order valence-corrected chi connectivity index (χ4v) is 3.26. The molecule has 6 heteroatoms. The van der Waals surface area contributed by atoms with Gasteiger partial charge in [-0.25, -0.2) is 0 Å². The van der Waals surface area contributed by atoms with E-state index in [0.717, 1.165) is 11.4 Å². The molecule has 1 aliphatic heterocycles. The van der Waals surface area contributed by atoms with Gasteiger partial charge < -0.3 is 19.7 Å². The number of nitrogens with one attached hydrogen (secondary N) is 1. The van der Waals surface area contributed by atoms with Gasteiger partial charge in [0.05, 0.1) is 19.8 Å². The highest BCUT2D eigenvalue weighted by molar-refractivity contribution is 5.97. The number of methoxy groups -OCH3 is 2. The lowest BCUT2D eigenvalue weighted by Crippen LogP contribution is -2.41. The molecule has 6 nitrogen and oxygen atoms in total. The van der Waals surface area contributed by atoms with Gasteiger partial charge in [0.2, 0.25) is 5.91 Å². The van der Waals surface area contributed by atoms with E-state index in [2.05, 4.69) is 5.32 Å². The predicted octanol–water partition coefficient (Wildman–Crippen LogP) is 3.19. The van der Waals surface area contributed by atoms with E-state index in [4.69, 9.17) is 9.47 Å². The normalized spacial score (nSPS) is 14.5. The molecule has 142 valence electrons. The molecule has 0 saturated carbocycles. The van der Waals surface area contributed by atoms with Crippen LogP contribution >= 0.6 is 0 Å². The summed E-state index contributed by atoms with van der Waals surface area (Å²) in [6.07, 6.45) is 1.28. The Morgan fingerprint density at radius 1 is 0.963 bits per heavy atom. The number of amides is 2. The number of carbonyl (C=O) groups excluding carboxylic acids is 2. The molecule has 1 N–H and O–H groups in total. The Kier molecular flexibility index (Phi) is 5.96. The average molecular weight is 368 g/mol. The average Bonchev–Trinajstić information content (AvgIpc) is 2.73. The van der Waals surface area contributed by atoms with E-state index < -0.39 is 0 Å². The number of hydrogen-bond donors (Lipinski definition) is 1. The standard InChI is InChI=1S/C21H24N2O4/c1-26-17-9-7-16(8-10-17)22-20(24)15-11-13-23(14-12-15)21(25)18-5-3-4-6-19(18)27-2/h3-10,15H,11-14H2,1-2H3,(H,22,24). The molecular formula is C21H24N2O4. The second kappa shape index (κ2) is 8.58. The Balaban J connectivity index is 1.56. The molecule has 1 aliphatic rings. The van der Waals surface area contributed by atoms with Crippen LogP contribution in [0.25, 0.3) is 0 Å². The molecule has 2 amide bonds. The van der Waals surface area contributed by atoms with Gasteiger partial charge in [0.25, 0.3) is 5.91 Å². The first-order valence-electron chi connectivity index (χ1n) is 8.99. The van der Waals surface area contributed by atoms with Crippen LogP contribution in [0.5, 0.6) is 11.5 Å². The number of nitrogens with zero attached hydrogens (tertiary/aromatic N) is 1. The third-order valence-corrected chi connectivity index (χ3v) is 4.85. The fourth-order valence-electron chi connectivity index (χ4n) is 3.26. The molecule has 27 heavy (non-hydrogen) atoms. The molecule has 0 unspecified atom stereocenters. The molecule has 1 heterocycles. The summed E-state index contributed by atoms with van der Waals surface area (Å²) >= 11 is 0. The Morgan fingerprint density at radius 2 is 1.63 bits per heavy atom. The van der Waals surface area contributed by atoms with Crippen LogP contribution in [0.3, 0.4) is 0 Å². The maximum absolute atomic E-state index is 12.7. The molecule has 0 radical (unpaired) electrons. The van der Waals surface area contributed by atoms with Gasteiger partial charge in [-0.15, -0.1) is 0 Å². The lowest BCUT2D eigenvalue weighted by Gasteiger charge is -2.31. The molecule has 2 aromatic rings. The lowest BCUT2D eigenvalue weighted by atomic mass is 9.95. The van der Waals surface area contributed by atoms with Crippen LogP contribution in [-0.2, 0) is 4.79 Å². The number of rotatable bonds is 5. The number of piperidine rings is 1. The van der Waals surface area contributed by atoms with E-state index in [1.54, 1.807) is 31.3 Å². The van der Waals surface area contributed by atoms with Gasteiger partial charge in [-0.05, 0) is 49.2 Å². The van der Waals surface area contributed by atoms with Crippen molar-refractivity contribution in [3.63, 3.8) is 0 Å². The lowest BCUT2D eigenvalue weighted by molar-refractivity contribution is -0.121. The van der Waals surface area contributed by atoms with Crippen LogP contribution in [0.15, 0.2) is 48.5 Å². The minimum Gasteiger partial charge on any atom is -0.497 e. The first kappa shape index (κ1) is 18.8. The molecule has 3 rings (SSSR count). The fraction of sp³-hybridized carbons (Fsp3) is 0.333. The van der Waals surface area contributed by atoms with Crippen molar-refractivity contribution in [1.82, 2.24) is 4.90 Å². The van der Waals surface area contributed by atoms with Crippen molar-refractivity contribution in [1.29, 1.82) is 0 Å². The molecule has 1 saturated heterocycles. The summed E-state index contributed by atoms with van der Waals surface area (Å²) in [6, 6.07) is 14.5. The minimum atomic E-state index is -0.103. The van der Waals surface area contributed by atoms with Crippen LogP contribution in [0.4, 0.5) is 5.69 Å². The van der Waals surface area contributed by atoms with Gasteiger partial charge in [-0.3, -0.25) is 9.59 Å². The zero-order valence-electron chi connectivity index (χ0n) is 15.6. The summed E-state index contributed by atoms with van der Waals surface area (Å²) in [5.74, 6) is 1.15. The topological polar surface area (TPSA) is 67.9 Å². The number of carbonyl (C=O) groups is 2. The van der Waals surface area contributed by atoms with E-state index in [1.807, 2.05) is 36.4 Å². The summed E-state index contributed by atoms with van der Waals surface area (Å²) in [5, 5.41) is 2.94. The summed E-state index contributed by atoms with van der Waals surface area (Å²) in [5.41, 5.74) is 1.30. The summed E-state index contributed by atoms with van der Waals surface area (Å²) in [4.78, 5) is 27.0. The Labute approximate surface area is 159 Å². The van der Waals surface area contributed by atoms with Crippen LogP contribution in [0.1, 0.15) is 23.2 Å². The van der Waals surface area contributed by atoms with Crippen molar-refractivity contribution in [3.8, 4) is 11.5 Å². The number of ether oxygens (including phenoxy) is 2. The van der Waals surface area contributed by atoms with E-state index in [-0.39, 0.29) is 17.7 Å². The van der Waals surface area contributed by atoms with Crippen molar-refractivity contribution in [2.45, 2.75) is 12.8 Å². The van der Waals surface area contributed by atoms with Crippen LogP contribution in [-0.4, -0.2) is 44.0 Å². The quantitative estimate of drug-likeness (QED) is 0.880. The van der Waals surface area contributed by atoms with Crippen LogP contribution in [0.2, 0.25) is 0 Å². The highest BCUT2D eigenvalue weighted by Crippen LogP contribution is 2.25. The van der Waals surface area contributed by atoms with Crippen molar-refractivity contribution in [2.24, 2.45) is 5.92 Å². The first-order chi connectivity index (χ1) is 13.1. The smallest absolute Gasteiger partial charge is 0.257 e. The largest absolute Gasteiger partial charge is 0.497 e. The molecule has 2 aromatic carbocycles. The van der Waals surface area contributed by atoms with E-state index >= 15 is 0 Å². The molecular weight excluding hydrogens is 344 g/mol. The minimum absolute atomic E-state index is 0.00967. The monoisotopic (exact) mass is 368 g/mol. The van der Waals surface area contributed by atoms with E-state index in [9.17, 15) is 9.59 Å². The summed E-state index contributed by atoms with van der Waals surface area (Å²) < 4.78 is 10.4. The Hall–Kier alpha value is -3.02. The Bertz CT molecular complexity index is 796. The molecule has 0 atom stereocenters. The van der Waals surface area contributed by atoms with Crippen molar-refractivity contribution < 1.29 is 19.1 Å². The number of benzene rings is 2. The maximum atomic E-state index is 12.7. The maximum Gasteiger partial charge on any atom is 0.257 e. The third-order valence-electron chi connectivity index (χ3n) is 4.85. The highest BCUT2D eigenvalue weighted by Gasteiger charge is 2.28. The zero-order valence-corrected chi connectivity index (χ0v) is 15.6.